The molecule has 0 bridgehead atoms. The number of benzene rings is 13. The summed E-state index contributed by atoms with van der Waals surface area (Å²) in [5, 5.41) is 9.70. The van der Waals surface area contributed by atoms with Crippen molar-refractivity contribution in [2.45, 2.75) is 0 Å². The smallest absolute Gasteiger partial charge is 0.164 e. The van der Waals surface area contributed by atoms with Gasteiger partial charge in [-0.2, -0.15) is 0 Å². The maximum absolute atomic E-state index is 5.27. The van der Waals surface area contributed by atoms with Crippen molar-refractivity contribution >= 4 is 87.2 Å². The molecule has 0 unspecified atom stereocenters. The number of hydrogen-bond acceptors (Lipinski definition) is 3. The molecule has 0 saturated heterocycles. The lowest BCUT2D eigenvalue weighted by Crippen LogP contribution is -2.01. The topological polar surface area (TPSA) is 58.4 Å². The lowest BCUT2D eigenvalue weighted by molar-refractivity contribution is 1.07. The molecular formula is C81H51N7. The molecule has 0 spiro atoms. The second-order valence-electron chi connectivity index (χ2n) is 22.7. The Morgan fingerprint density at radius 2 is 0.557 bits per heavy atom. The van der Waals surface area contributed by atoms with Crippen LogP contribution in [0.25, 0.3) is 166 Å². The second-order valence-corrected chi connectivity index (χ2v) is 22.7. The Labute approximate surface area is 506 Å². The Bertz CT molecular complexity index is 5700. The highest BCUT2D eigenvalue weighted by Gasteiger charge is 2.22. The maximum Gasteiger partial charge on any atom is 0.164 e. The molecule has 0 amide bonds. The van der Waals surface area contributed by atoms with E-state index in [1.54, 1.807) is 0 Å². The number of para-hydroxylation sites is 7. The van der Waals surface area contributed by atoms with Gasteiger partial charge in [0.2, 0.25) is 0 Å². The fourth-order valence-corrected chi connectivity index (χ4v) is 13.8. The molecule has 0 fully saturated rings. The average Bonchev–Trinajstić information content (AvgIpc) is 1.95. The highest BCUT2D eigenvalue weighted by molar-refractivity contribution is 6.14. The minimum absolute atomic E-state index is 0.602. The first-order chi connectivity index (χ1) is 43.6. The van der Waals surface area contributed by atoms with Gasteiger partial charge in [0.05, 0.1) is 49.8 Å². The summed E-state index contributed by atoms with van der Waals surface area (Å²) in [6, 6.07) is 111. The largest absolute Gasteiger partial charge is 0.309 e. The van der Waals surface area contributed by atoms with Crippen molar-refractivity contribution in [3.8, 4) is 79.2 Å². The summed E-state index contributed by atoms with van der Waals surface area (Å²) in [5.74, 6) is 1.82. The summed E-state index contributed by atoms with van der Waals surface area (Å²) in [6.07, 6.45) is 0. The molecule has 18 rings (SSSR count). The minimum atomic E-state index is 0.602. The van der Waals surface area contributed by atoms with Gasteiger partial charge in [0.25, 0.3) is 0 Å². The summed E-state index contributed by atoms with van der Waals surface area (Å²) >= 11 is 0. The second kappa shape index (κ2) is 19.8. The van der Waals surface area contributed by atoms with Crippen LogP contribution >= 0.6 is 0 Å². The van der Waals surface area contributed by atoms with Crippen LogP contribution in [0.1, 0.15) is 0 Å². The molecule has 0 saturated carbocycles. The standard InChI is InChI=1S/C81H51N7/c1-3-20-53(21-4-1)79-82-80(84-81(83-79)57-22-19-25-59(48-57)86-70-32-13-7-26-61(70)62-27-8-14-33-71(62)86)54-40-38-52(39-41-54)55-43-46-76(88-74-36-17-10-28-63(74)64-29-11-18-37-75(64)88)68(49-55)56-42-45-67-65-30-9-15-34-72(65)87(78(67)50-56)60-44-47-77-69(51-60)66-31-12-16-35-73(66)85(77)58-23-5-2-6-24-58/h1-51H. The van der Waals surface area contributed by atoms with Gasteiger partial charge in [0, 0.05) is 82.4 Å². The number of fused-ring (bicyclic) bond motifs is 12. The highest BCUT2D eigenvalue weighted by atomic mass is 15.0. The summed E-state index contributed by atoms with van der Waals surface area (Å²) < 4.78 is 9.63. The molecule has 410 valence electrons. The van der Waals surface area contributed by atoms with E-state index in [1.165, 1.54) is 54.1 Å². The van der Waals surface area contributed by atoms with Crippen molar-refractivity contribution in [3.63, 3.8) is 0 Å². The maximum atomic E-state index is 5.27. The molecule has 18 aromatic rings. The Kier molecular flexibility index (Phi) is 11.2. The van der Waals surface area contributed by atoms with E-state index < -0.39 is 0 Å². The minimum Gasteiger partial charge on any atom is -0.309 e. The van der Waals surface area contributed by atoms with Crippen molar-refractivity contribution in [3.05, 3.63) is 309 Å². The van der Waals surface area contributed by atoms with Crippen LogP contribution in [0.5, 0.6) is 0 Å². The fraction of sp³-hybridized carbons (Fsp3) is 0. The molecule has 0 N–H and O–H groups in total. The monoisotopic (exact) mass is 1120 g/mol. The van der Waals surface area contributed by atoms with Crippen LogP contribution in [0.2, 0.25) is 0 Å². The van der Waals surface area contributed by atoms with Crippen LogP contribution in [0.3, 0.4) is 0 Å². The summed E-state index contributed by atoms with van der Waals surface area (Å²) in [5.41, 5.74) is 20.8. The molecular weight excluding hydrogens is 1070 g/mol. The molecule has 5 aromatic heterocycles. The van der Waals surface area contributed by atoms with Gasteiger partial charge in [-0.05, 0) is 114 Å². The van der Waals surface area contributed by atoms with Gasteiger partial charge in [-0.3, -0.25) is 0 Å². The van der Waals surface area contributed by atoms with Gasteiger partial charge in [0.1, 0.15) is 0 Å². The summed E-state index contributed by atoms with van der Waals surface area (Å²) in [4.78, 5) is 15.6. The molecule has 7 heteroatoms. The number of aromatic nitrogens is 7. The van der Waals surface area contributed by atoms with Crippen molar-refractivity contribution in [2.75, 3.05) is 0 Å². The van der Waals surface area contributed by atoms with Crippen molar-refractivity contribution in [2.24, 2.45) is 0 Å². The Balaban J connectivity index is 0.787. The summed E-state index contributed by atoms with van der Waals surface area (Å²) in [7, 11) is 0. The SMILES string of the molecule is c1ccc(-c2nc(-c3ccc(-c4ccc(-n5c6ccccc6c6ccccc65)c(-c5ccc6c7ccccc7n(-c7ccc8c(c7)c7ccccc7n8-c7ccccc7)c6c5)c4)cc3)nc(-c3cccc(-n4c5ccccc5c5ccccc54)c3)n2)cc1. The van der Waals surface area contributed by atoms with Crippen LogP contribution in [0.4, 0.5) is 0 Å². The predicted molar refractivity (Wildman–Crippen MR) is 364 cm³/mol. The van der Waals surface area contributed by atoms with Crippen LogP contribution in [-0.2, 0) is 0 Å². The predicted octanol–water partition coefficient (Wildman–Crippen LogP) is 20.6. The summed E-state index contributed by atoms with van der Waals surface area (Å²) in [6.45, 7) is 0. The van der Waals surface area contributed by atoms with Gasteiger partial charge in [-0.15, -0.1) is 0 Å². The quantitative estimate of drug-likeness (QED) is 0.145. The molecule has 0 aliphatic heterocycles. The van der Waals surface area contributed by atoms with Gasteiger partial charge in [0.15, 0.2) is 17.5 Å². The first-order valence-corrected chi connectivity index (χ1v) is 29.9. The zero-order chi connectivity index (χ0) is 57.8. The molecule has 5 heterocycles. The van der Waals surface area contributed by atoms with Crippen molar-refractivity contribution < 1.29 is 0 Å². The van der Waals surface area contributed by atoms with E-state index in [0.29, 0.717) is 17.5 Å². The molecule has 0 radical (unpaired) electrons. The van der Waals surface area contributed by atoms with Crippen LogP contribution in [0.15, 0.2) is 309 Å². The van der Waals surface area contributed by atoms with Crippen LogP contribution in [-0.4, -0.2) is 33.2 Å². The van der Waals surface area contributed by atoms with Gasteiger partial charge in [-0.25, -0.2) is 15.0 Å². The van der Waals surface area contributed by atoms with E-state index in [2.05, 4.69) is 309 Å². The van der Waals surface area contributed by atoms with Gasteiger partial charge >= 0.3 is 0 Å². The molecule has 0 aliphatic carbocycles. The first kappa shape index (κ1) is 49.5. The Hall–Kier alpha value is -11.9. The van der Waals surface area contributed by atoms with Crippen molar-refractivity contribution in [1.82, 2.24) is 33.2 Å². The molecule has 7 nitrogen and oxygen atoms in total. The van der Waals surface area contributed by atoms with Gasteiger partial charge in [-0.1, -0.05) is 212 Å². The number of hydrogen-bond donors (Lipinski definition) is 0. The molecule has 88 heavy (non-hydrogen) atoms. The zero-order valence-corrected chi connectivity index (χ0v) is 47.6. The zero-order valence-electron chi connectivity index (χ0n) is 47.6. The van der Waals surface area contributed by atoms with E-state index in [1.807, 2.05) is 18.2 Å². The third kappa shape index (κ3) is 7.81. The average molecular weight is 1120 g/mol. The van der Waals surface area contributed by atoms with E-state index >= 15 is 0 Å². The molecule has 0 aliphatic rings. The van der Waals surface area contributed by atoms with Crippen molar-refractivity contribution in [1.29, 1.82) is 0 Å². The first-order valence-electron chi connectivity index (χ1n) is 29.9. The third-order valence-electron chi connectivity index (χ3n) is 17.8. The highest BCUT2D eigenvalue weighted by Crippen LogP contribution is 2.43. The van der Waals surface area contributed by atoms with E-state index in [-0.39, 0.29) is 0 Å². The molecule has 0 atom stereocenters. The Morgan fingerprint density at radius 1 is 0.182 bits per heavy atom. The third-order valence-corrected chi connectivity index (χ3v) is 17.8. The lowest BCUT2D eigenvalue weighted by atomic mass is 9.95. The lowest BCUT2D eigenvalue weighted by Gasteiger charge is -2.17. The van der Waals surface area contributed by atoms with Crippen LogP contribution < -0.4 is 0 Å². The van der Waals surface area contributed by atoms with E-state index in [9.17, 15) is 0 Å². The van der Waals surface area contributed by atoms with Crippen LogP contribution in [0, 0.1) is 0 Å². The number of nitrogens with zero attached hydrogens (tertiary/aromatic N) is 7. The van der Waals surface area contributed by atoms with Gasteiger partial charge < -0.3 is 18.3 Å². The fourth-order valence-electron chi connectivity index (χ4n) is 13.8. The normalized spacial score (nSPS) is 11.9. The van der Waals surface area contributed by atoms with E-state index in [0.717, 1.165) is 94.8 Å². The number of rotatable bonds is 9. The molecule has 13 aromatic carbocycles. The Morgan fingerprint density at radius 3 is 1.12 bits per heavy atom. The van der Waals surface area contributed by atoms with E-state index in [4.69, 9.17) is 15.0 Å².